The topological polar surface area (TPSA) is 29.5 Å². The van der Waals surface area contributed by atoms with Crippen LogP contribution in [0.15, 0.2) is 30.3 Å². The van der Waals surface area contributed by atoms with Crippen LogP contribution in [0.4, 0.5) is 0 Å². The van der Waals surface area contributed by atoms with Crippen molar-refractivity contribution in [3.63, 3.8) is 0 Å². The van der Waals surface area contributed by atoms with E-state index in [1.54, 1.807) is 0 Å². The van der Waals surface area contributed by atoms with Crippen molar-refractivity contribution in [1.82, 2.24) is 0 Å². The van der Waals surface area contributed by atoms with Gasteiger partial charge in [0, 0.05) is 12.0 Å². The fraction of sp³-hybridized carbons (Fsp3) is 0.500. The van der Waals surface area contributed by atoms with Crippen LogP contribution in [-0.2, 0) is 10.5 Å². The molecule has 1 aromatic rings. The molecule has 0 radical (unpaired) electrons. The summed E-state index contributed by atoms with van der Waals surface area (Å²) in [5, 5.41) is 10.3. The molecule has 0 bridgehead atoms. The summed E-state index contributed by atoms with van der Waals surface area (Å²) in [4.78, 5) is 0. The number of benzene rings is 1. The maximum atomic E-state index is 10.3. The van der Waals surface area contributed by atoms with Crippen molar-refractivity contribution in [2.75, 3.05) is 12.4 Å². The van der Waals surface area contributed by atoms with Gasteiger partial charge in [0.15, 0.2) is 5.79 Å². The van der Waals surface area contributed by atoms with Crippen LogP contribution in [0.25, 0.3) is 0 Å². The zero-order valence-electron chi connectivity index (χ0n) is 9.02. The molecule has 0 heterocycles. The lowest BCUT2D eigenvalue weighted by atomic mass is 10.0. The van der Waals surface area contributed by atoms with Gasteiger partial charge in [-0.1, -0.05) is 37.3 Å². The minimum Gasteiger partial charge on any atom is -0.362 e. The van der Waals surface area contributed by atoms with Crippen LogP contribution in [0.5, 0.6) is 0 Å². The first-order valence-corrected chi connectivity index (χ1v) is 5.89. The Labute approximate surface area is 96.7 Å². The fourth-order valence-electron chi connectivity index (χ4n) is 1.39. The summed E-state index contributed by atoms with van der Waals surface area (Å²) in [7, 11) is 0. The van der Waals surface area contributed by atoms with Gasteiger partial charge in [-0.3, -0.25) is 0 Å². The monoisotopic (exact) mass is 226 g/mol. The smallest absolute Gasteiger partial charge is 0.192 e. The Morgan fingerprint density at radius 3 is 2.53 bits per heavy atom. The van der Waals surface area contributed by atoms with Gasteiger partial charge in [-0.25, -0.2) is 0 Å². The fourth-order valence-corrected chi connectivity index (χ4v) is 1.52. The molecule has 84 valence electrons. The summed E-state index contributed by atoms with van der Waals surface area (Å²) in [6, 6.07) is 9.48. The molecule has 3 heteroatoms. The molecule has 1 rings (SSSR count). The third-order valence-corrected chi connectivity index (χ3v) is 2.66. The average molecular weight is 226 g/mol. The van der Waals surface area contributed by atoms with Crippen molar-refractivity contribution in [2.45, 2.75) is 25.6 Å². The highest BCUT2D eigenvalue weighted by Crippen LogP contribution is 2.26. The summed E-state index contributed by atoms with van der Waals surface area (Å²) in [5.41, 5.74) is 0.812. The highest BCUT2D eigenvalue weighted by Gasteiger charge is 2.27. The van der Waals surface area contributed by atoms with Crippen LogP contribution in [0, 0.1) is 0 Å². The molecule has 0 spiro atoms. The highest BCUT2D eigenvalue weighted by molar-refractivity contribution is 7.80. The van der Waals surface area contributed by atoms with E-state index in [2.05, 4.69) is 12.6 Å². The minimum atomic E-state index is -1.15. The molecule has 0 aliphatic carbocycles. The first-order chi connectivity index (χ1) is 7.23. The molecule has 1 atom stereocenters. The van der Waals surface area contributed by atoms with Gasteiger partial charge >= 0.3 is 0 Å². The zero-order valence-corrected chi connectivity index (χ0v) is 9.91. The van der Waals surface area contributed by atoms with Crippen LogP contribution in [0.3, 0.4) is 0 Å². The standard InChI is InChI=1S/C12H18O2S/c1-2-12(13,14-9-6-10-15)11-7-4-3-5-8-11/h3-5,7-8,13,15H,2,6,9-10H2,1H3. The predicted octanol–water partition coefficient (Wildman–Crippen LogP) is 2.58. The lowest BCUT2D eigenvalue weighted by Crippen LogP contribution is -2.29. The van der Waals surface area contributed by atoms with Crippen LogP contribution in [0.1, 0.15) is 25.3 Å². The molecule has 1 aromatic carbocycles. The van der Waals surface area contributed by atoms with E-state index < -0.39 is 5.79 Å². The summed E-state index contributed by atoms with van der Waals surface area (Å²) in [5.74, 6) is -0.376. The molecular formula is C12H18O2S. The number of ether oxygens (including phenoxy) is 1. The van der Waals surface area contributed by atoms with Crippen molar-refractivity contribution in [3.8, 4) is 0 Å². The molecule has 15 heavy (non-hydrogen) atoms. The molecule has 0 aromatic heterocycles. The van der Waals surface area contributed by atoms with Gasteiger partial charge in [0.25, 0.3) is 0 Å². The Balaban J connectivity index is 2.67. The van der Waals surface area contributed by atoms with E-state index >= 15 is 0 Å². The molecule has 0 aliphatic heterocycles. The second kappa shape index (κ2) is 6.16. The van der Waals surface area contributed by atoms with Gasteiger partial charge in [0.2, 0.25) is 0 Å². The molecule has 0 amide bonds. The molecule has 1 unspecified atom stereocenters. The predicted molar refractivity (Wildman–Crippen MR) is 65.1 cm³/mol. The van der Waals surface area contributed by atoms with Crippen LogP contribution < -0.4 is 0 Å². The van der Waals surface area contributed by atoms with E-state index in [0.717, 1.165) is 17.7 Å². The van der Waals surface area contributed by atoms with E-state index in [1.165, 1.54) is 0 Å². The SMILES string of the molecule is CCC(O)(OCCCS)c1ccccc1. The Hall–Kier alpha value is -0.510. The van der Waals surface area contributed by atoms with Crippen molar-refractivity contribution < 1.29 is 9.84 Å². The first-order valence-electron chi connectivity index (χ1n) is 5.25. The Morgan fingerprint density at radius 1 is 1.33 bits per heavy atom. The number of rotatable bonds is 6. The van der Waals surface area contributed by atoms with Crippen LogP contribution >= 0.6 is 12.6 Å². The van der Waals surface area contributed by atoms with Gasteiger partial charge in [-0.2, -0.15) is 12.6 Å². The van der Waals surface area contributed by atoms with Gasteiger partial charge in [0.1, 0.15) is 0 Å². The summed E-state index contributed by atoms with van der Waals surface area (Å²) in [6.45, 7) is 2.44. The second-order valence-electron chi connectivity index (χ2n) is 3.43. The maximum Gasteiger partial charge on any atom is 0.192 e. The lowest BCUT2D eigenvalue weighted by molar-refractivity contribution is -0.214. The number of aliphatic hydroxyl groups is 1. The van der Waals surface area contributed by atoms with Crippen molar-refractivity contribution in [1.29, 1.82) is 0 Å². The van der Waals surface area contributed by atoms with E-state index in [0.29, 0.717) is 13.0 Å². The summed E-state index contributed by atoms with van der Waals surface area (Å²) >= 11 is 4.11. The maximum absolute atomic E-state index is 10.3. The Morgan fingerprint density at radius 2 is 2.00 bits per heavy atom. The average Bonchev–Trinajstić information content (AvgIpc) is 2.30. The molecule has 0 fully saturated rings. The Kier molecular flexibility index (Phi) is 5.15. The van der Waals surface area contributed by atoms with Crippen molar-refractivity contribution in [2.24, 2.45) is 0 Å². The third-order valence-electron chi connectivity index (χ3n) is 2.35. The van der Waals surface area contributed by atoms with E-state index in [1.807, 2.05) is 37.3 Å². The molecule has 0 saturated heterocycles. The van der Waals surface area contributed by atoms with Gasteiger partial charge in [-0.15, -0.1) is 0 Å². The number of hydrogen-bond donors (Lipinski definition) is 2. The zero-order chi connectivity index (χ0) is 11.1. The van der Waals surface area contributed by atoms with E-state index in [9.17, 15) is 5.11 Å². The molecule has 1 N–H and O–H groups in total. The Bertz CT molecular complexity index is 276. The summed E-state index contributed by atoms with van der Waals surface area (Å²) < 4.78 is 5.51. The van der Waals surface area contributed by atoms with Crippen LogP contribution in [0.2, 0.25) is 0 Å². The normalized spacial score (nSPS) is 14.9. The third kappa shape index (κ3) is 3.52. The van der Waals surface area contributed by atoms with Crippen molar-refractivity contribution in [3.05, 3.63) is 35.9 Å². The highest BCUT2D eigenvalue weighted by atomic mass is 32.1. The summed E-state index contributed by atoms with van der Waals surface area (Å²) in [6.07, 6.45) is 1.39. The number of thiol groups is 1. The first kappa shape index (κ1) is 12.6. The largest absolute Gasteiger partial charge is 0.362 e. The van der Waals surface area contributed by atoms with Crippen LogP contribution in [-0.4, -0.2) is 17.5 Å². The molecule has 0 saturated carbocycles. The van der Waals surface area contributed by atoms with Crippen molar-refractivity contribution >= 4 is 12.6 Å². The second-order valence-corrected chi connectivity index (χ2v) is 3.88. The van der Waals surface area contributed by atoms with E-state index in [-0.39, 0.29) is 0 Å². The molecular weight excluding hydrogens is 208 g/mol. The lowest BCUT2D eigenvalue weighted by Gasteiger charge is -2.27. The van der Waals surface area contributed by atoms with Gasteiger partial charge in [0.05, 0.1) is 6.61 Å². The van der Waals surface area contributed by atoms with E-state index in [4.69, 9.17) is 4.74 Å². The minimum absolute atomic E-state index is 0.530. The van der Waals surface area contributed by atoms with Gasteiger partial charge < -0.3 is 9.84 Å². The van der Waals surface area contributed by atoms with Gasteiger partial charge in [-0.05, 0) is 12.2 Å². The number of hydrogen-bond acceptors (Lipinski definition) is 3. The molecule has 0 aliphatic rings. The quantitative estimate of drug-likeness (QED) is 0.443. The molecule has 2 nitrogen and oxygen atoms in total.